The predicted octanol–water partition coefficient (Wildman–Crippen LogP) is 5.21. The second kappa shape index (κ2) is 9.03. The van der Waals surface area contributed by atoms with Crippen LogP contribution in [0.4, 0.5) is 0 Å². The Kier molecular flexibility index (Phi) is 5.80. The van der Waals surface area contributed by atoms with Crippen molar-refractivity contribution in [3.05, 3.63) is 78.2 Å². The van der Waals surface area contributed by atoms with Crippen LogP contribution < -0.4 is 0 Å². The lowest BCUT2D eigenvalue weighted by Crippen LogP contribution is -2.39. The third-order valence-corrected chi connectivity index (χ3v) is 6.82. The molecule has 0 unspecified atom stereocenters. The van der Waals surface area contributed by atoms with Gasteiger partial charge in [0.05, 0.1) is 6.20 Å². The molecule has 2 aromatic carbocycles. The number of nitrogens with one attached hydrogen (secondary N) is 1. The molecule has 164 valence electrons. The summed E-state index contributed by atoms with van der Waals surface area (Å²) in [7, 11) is 0. The number of benzene rings is 2. The molecule has 0 radical (unpaired) electrons. The van der Waals surface area contributed by atoms with E-state index in [1.807, 2.05) is 30.6 Å². The molecule has 32 heavy (non-hydrogen) atoms. The van der Waals surface area contributed by atoms with Gasteiger partial charge in [-0.2, -0.15) is 5.10 Å². The van der Waals surface area contributed by atoms with E-state index < -0.39 is 0 Å². The average molecular weight is 427 g/mol. The summed E-state index contributed by atoms with van der Waals surface area (Å²) in [6.45, 7) is 4.97. The van der Waals surface area contributed by atoms with Crippen LogP contribution in [0.2, 0.25) is 0 Å². The first kappa shape index (κ1) is 20.6. The Morgan fingerprint density at radius 3 is 2.62 bits per heavy atom. The number of piperidine rings is 1. The molecule has 5 rings (SSSR count). The van der Waals surface area contributed by atoms with Gasteiger partial charge >= 0.3 is 0 Å². The standard InChI is InChI=1S/C27H30N4O/c1-20-15-24-16-23(25-17-28-29-18-25)8-9-26(24)31(20)19-22-11-13-30(14-12-22)27(32)10-7-21-5-3-2-4-6-21/h2-6,8-9,15-18,22H,7,10-14,19H2,1H3,(H,28,29). The Hall–Kier alpha value is -3.34. The molecular formula is C27H30N4O. The third-order valence-electron chi connectivity index (χ3n) is 6.82. The first-order chi connectivity index (χ1) is 15.7. The Labute approximate surface area is 189 Å². The summed E-state index contributed by atoms with van der Waals surface area (Å²) in [5.74, 6) is 0.901. The monoisotopic (exact) mass is 426 g/mol. The second-order valence-electron chi connectivity index (χ2n) is 8.97. The lowest BCUT2D eigenvalue weighted by atomic mass is 9.96. The Balaban J connectivity index is 1.19. The number of rotatable bonds is 6. The van der Waals surface area contributed by atoms with E-state index in [4.69, 9.17) is 0 Å². The fourth-order valence-corrected chi connectivity index (χ4v) is 4.92. The van der Waals surface area contributed by atoms with E-state index in [0.717, 1.165) is 44.5 Å². The predicted molar refractivity (Wildman–Crippen MR) is 128 cm³/mol. The lowest BCUT2D eigenvalue weighted by molar-refractivity contribution is -0.132. The largest absolute Gasteiger partial charge is 0.345 e. The lowest BCUT2D eigenvalue weighted by Gasteiger charge is -2.32. The van der Waals surface area contributed by atoms with E-state index in [9.17, 15) is 4.79 Å². The molecule has 1 saturated heterocycles. The van der Waals surface area contributed by atoms with Gasteiger partial charge < -0.3 is 9.47 Å². The first-order valence-corrected chi connectivity index (χ1v) is 11.6. The van der Waals surface area contributed by atoms with Crippen molar-refractivity contribution >= 4 is 16.8 Å². The van der Waals surface area contributed by atoms with Crippen molar-refractivity contribution in [2.75, 3.05) is 13.1 Å². The van der Waals surface area contributed by atoms with Crippen molar-refractivity contribution in [1.29, 1.82) is 0 Å². The van der Waals surface area contributed by atoms with Crippen LogP contribution in [-0.2, 0) is 17.8 Å². The Morgan fingerprint density at radius 1 is 1.06 bits per heavy atom. The van der Waals surface area contributed by atoms with Crippen LogP contribution >= 0.6 is 0 Å². The molecule has 0 aliphatic carbocycles. The number of fused-ring (bicyclic) bond motifs is 1. The van der Waals surface area contributed by atoms with Crippen LogP contribution in [0.3, 0.4) is 0 Å². The number of likely N-dealkylation sites (tertiary alicyclic amines) is 1. The van der Waals surface area contributed by atoms with Gasteiger partial charge in [0.2, 0.25) is 5.91 Å². The number of nitrogens with zero attached hydrogens (tertiary/aromatic N) is 3. The van der Waals surface area contributed by atoms with Gasteiger partial charge in [-0.15, -0.1) is 0 Å². The van der Waals surface area contributed by atoms with Crippen molar-refractivity contribution < 1.29 is 4.79 Å². The summed E-state index contributed by atoms with van der Waals surface area (Å²) in [6, 6.07) is 19.2. The van der Waals surface area contributed by atoms with Crippen molar-refractivity contribution in [3.63, 3.8) is 0 Å². The van der Waals surface area contributed by atoms with Crippen LogP contribution in [-0.4, -0.2) is 38.7 Å². The fourth-order valence-electron chi connectivity index (χ4n) is 4.92. The molecule has 1 amide bonds. The van der Waals surface area contributed by atoms with Crippen LogP contribution in [0.25, 0.3) is 22.0 Å². The summed E-state index contributed by atoms with van der Waals surface area (Å²) in [4.78, 5) is 14.7. The minimum Gasteiger partial charge on any atom is -0.345 e. The van der Waals surface area contributed by atoms with Crippen LogP contribution in [0.1, 0.15) is 30.5 Å². The number of carbonyl (C=O) groups is 1. The molecule has 0 atom stereocenters. The molecule has 2 aromatic heterocycles. The number of aromatic amines is 1. The normalized spacial score (nSPS) is 14.8. The molecule has 5 nitrogen and oxygen atoms in total. The number of hydrogen-bond donors (Lipinski definition) is 1. The summed E-state index contributed by atoms with van der Waals surface area (Å²) in [5, 5.41) is 8.23. The molecule has 3 heterocycles. The molecule has 0 saturated carbocycles. The molecular weight excluding hydrogens is 396 g/mol. The molecule has 0 spiro atoms. The van der Waals surface area contributed by atoms with E-state index in [0.29, 0.717) is 18.2 Å². The zero-order valence-corrected chi connectivity index (χ0v) is 18.6. The second-order valence-corrected chi connectivity index (χ2v) is 8.97. The number of hydrogen-bond acceptors (Lipinski definition) is 2. The molecule has 1 fully saturated rings. The number of carbonyl (C=O) groups excluding carboxylic acids is 1. The number of aromatic nitrogens is 3. The molecule has 4 aromatic rings. The number of aryl methyl sites for hydroxylation is 2. The zero-order valence-electron chi connectivity index (χ0n) is 18.6. The zero-order chi connectivity index (χ0) is 21.9. The van der Waals surface area contributed by atoms with E-state index in [2.05, 4.69) is 63.0 Å². The van der Waals surface area contributed by atoms with Gasteiger partial charge in [-0.1, -0.05) is 36.4 Å². The SMILES string of the molecule is Cc1cc2cc(-c3cn[nH]c3)ccc2n1CC1CCN(C(=O)CCc2ccccc2)CC1. The van der Waals surface area contributed by atoms with Crippen LogP contribution in [0.5, 0.6) is 0 Å². The van der Waals surface area contributed by atoms with Crippen LogP contribution in [0.15, 0.2) is 67.0 Å². The van der Waals surface area contributed by atoms with Gasteiger partial charge in [0, 0.05) is 54.4 Å². The van der Waals surface area contributed by atoms with Gasteiger partial charge in [-0.3, -0.25) is 9.89 Å². The maximum absolute atomic E-state index is 12.7. The third kappa shape index (κ3) is 4.33. The van der Waals surface area contributed by atoms with Crippen molar-refractivity contribution in [2.45, 2.75) is 39.2 Å². The minimum absolute atomic E-state index is 0.293. The van der Waals surface area contributed by atoms with Crippen molar-refractivity contribution in [3.8, 4) is 11.1 Å². The number of amides is 1. The van der Waals surface area contributed by atoms with E-state index in [-0.39, 0.29) is 0 Å². The van der Waals surface area contributed by atoms with Gasteiger partial charge in [0.1, 0.15) is 0 Å². The Morgan fingerprint density at radius 2 is 1.88 bits per heavy atom. The van der Waals surface area contributed by atoms with Gasteiger partial charge in [-0.05, 0) is 61.4 Å². The quantitative estimate of drug-likeness (QED) is 0.460. The molecule has 1 aliphatic rings. The highest BCUT2D eigenvalue weighted by Gasteiger charge is 2.23. The molecule has 1 N–H and O–H groups in total. The Bertz CT molecular complexity index is 1190. The maximum atomic E-state index is 12.7. The summed E-state index contributed by atoms with van der Waals surface area (Å²) in [6.07, 6.45) is 7.37. The topological polar surface area (TPSA) is 53.9 Å². The highest BCUT2D eigenvalue weighted by molar-refractivity contribution is 5.86. The van der Waals surface area contributed by atoms with Gasteiger partial charge in [0.25, 0.3) is 0 Å². The molecule has 0 bridgehead atoms. The summed E-state index contributed by atoms with van der Waals surface area (Å²) >= 11 is 0. The minimum atomic E-state index is 0.293. The van der Waals surface area contributed by atoms with Crippen molar-refractivity contribution in [1.82, 2.24) is 19.7 Å². The summed E-state index contributed by atoms with van der Waals surface area (Å²) < 4.78 is 2.45. The number of H-pyrrole nitrogens is 1. The molecule has 5 heteroatoms. The van der Waals surface area contributed by atoms with E-state index in [1.54, 1.807) is 0 Å². The van der Waals surface area contributed by atoms with E-state index >= 15 is 0 Å². The first-order valence-electron chi connectivity index (χ1n) is 11.6. The molecule has 1 aliphatic heterocycles. The highest BCUT2D eigenvalue weighted by Crippen LogP contribution is 2.29. The summed E-state index contributed by atoms with van der Waals surface area (Å²) in [5.41, 5.74) is 6.12. The van der Waals surface area contributed by atoms with Crippen molar-refractivity contribution in [2.24, 2.45) is 5.92 Å². The highest BCUT2D eigenvalue weighted by atomic mass is 16.2. The van der Waals surface area contributed by atoms with E-state index in [1.165, 1.54) is 27.7 Å². The van der Waals surface area contributed by atoms with Crippen LogP contribution in [0, 0.1) is 12.8 Å². The fraction of sp³-hybridized carbons (Fsp3) is 0.333. The van der Waals surface area contributed by atoms with Gasteiger partial charge in [-0.25, -0.2) is 0 Å². The average Bonchev–Trinajstić information content (AvgIpc) is 3.47. The maximum Gasteiger partial charge on any atom is 0.222 e. The van der Waals surface area contributed by atoms with Gasteiger partial charge in [0.15, 0.2) is 0 Å². The smallest absolute Gasteiger partial charge is 0.222 e.